The number of hydrogen-bond donors (Lipinski definition) is 1. The Bertz CT molecular complexity index is 1250. The van der Waals surface area contributed by atoms with Crippen molar-refractivity contribution in [2.45, 2.75) is 51.1 Å². The SMILES string of the molecule is [B]C([B])([B])Oc1cc(Cl)c(-c2nc(N[C@@H](CC3CC3)c3ccc(COCOC)c(F)c3)sc2C)cc1C. The van der Waals surface area contributed by atoms with Gasteiger partial charge >= 0.3 is 0 Å². The van der Waals surface area contributed by atoms with Gasteiger partial charge in [-0.2, -0.15) is 0 Å². The van der Waals surface area contributed by atoms with Crippen molar-refractivity contribution < 1.29 is 18.6 Å². The first kappa shape index (κ1) is 28.0. The van der Waals surface area contributed by atoms with Crippen molar-refractivity contribution in [1.82, 2.24) is 4.98 Å². The van der Waals surface area contributed by atoms with Crippen molar-refractivity contribution in [3.8, 4) is 17.0 Å². The second kappa shape index (κ2) is 11.8. The van der Waals surface area contributed by atoms with Crippen LogP contribution in [0.2, 0.25) is 5.02 Å². The first-order valence-electron chi connectivity index (χ1n) is 12.0. The van der Waals surface area contributed by atoms with E-state index in [2.05, 4.69) is 5.32 Å². The predicted molar refractivity (Wildman–Crippen MR) is 149 cm³/mol. The maximum Gasteiger partial charge on any atom is 0.183 e. The summed E-state index contributed by atoms with van der Waals surface area (Å²) in [7, 11) is 18.3. The number of hydrogen-bond acceptors (Lipinski definition) is 6. The molecule has 1 atom stereocenters. The molecule has 0 amide bonds. The van der Waals surface area contributed by atoms with Crippen LogP contribution in [0.25, 0.3) is 11.3 Å². The fourth-order valence-electron chi connectivity index (χ4n) is 4.10. The summed E-state index contributed by atoms with van der Waals surface area (Å²) < 4.78 is 30.4. The molecule has 37 heavy (non-hydrogen) atoms. The Morgan fingerprint density at radius 2 is 1.97 bits per heavy atom. The lowest BCUT2D eigenvalue weighted by molar-refractivity contribution is -0.0398. The molecule has 1 N–H and O–H groups in total. The average Bonchev–Trinajstić information content (AvgIpc) is 3.56. The summed E-state index contributed by atoms with van der Waals surface area (Å²) in [6.45, 7) is 4.11. The largest absolute Gasteiger partial charge is 0.516 e. The molecule has 11 heteroatoms. The molecule has 2 aromatic carbocycles. The first-order chi connectivity index (χ1) is 17.5. The number of rotatable bonds is 12. The molecular formula is C26H27B3ClFN2O3S. The molecule has 0 aliphatic heterocycles. The molecule has 0 saturated heterocycles. The molecule has 1 aliphatic carbocycles. The summed E-state index contributed by atoms with van der Waals surface area (Å²) >= 11 is 8.11. The summed E-state index contributed by atoms with van der Waals surface area (Å²) in [6.07, 6.45) is 3.27. The van der Waals surface area contributed by atoms with Crippen molar-refractivity contribution in [2.75, 3.05) is 19.2 Å². The zero-order chi connectivity index (χ0) is 26.7. The Hall–Kier alpha value is -2.00. The zero-order valence-electron chi connectivity index (χ0n) is 21.1. The van der Waals surface area contributed by atoms with E-state index < -0.39 is 5.30 Å². The second-order valence-corrected chi connectivity index (χ2v) is 11.1. The smallest absolute Gasteiger partial charge is 0.183 e. The normalized spacial score (nSPS) is 14.5. The van der Waals surface area contributed by atoms with Crippen LogP contribution in [0, 0.1) is 25.6 Å². The molecule has 1 heterocycles. The quantitative estimate of drug-likeness (QED) is 0.181. The topological polar surface area (TPSA) is 52.6 Å². The molecule has 3 aromatic rings. The number of benzene rings is 2. The van der Waals surface area contributed by atoms with E-state index in [9.17, 15) is 4.39 Å². The number of aromatic nitrogens is 1. The van der Waals surface area contributed by atoms with Crippen molar-refractivity contribution in [1.29, 1.82) is 0 Å². The number of nitrogens with one attached hydrogen (secondary N) is 1. The lowest BCUT2D eigenvalue weighted by atomic mass is 9.52. The van der Waals surface area contributed by atoms with Gasteiger partial charge in [-0.05, 0) is 60.8 Å². The van der Waals surface area contributed by atoms with E-state index in [0.29, 0.717) is 22.3 Å². The molecule has 0 unspecified atom stereocenters. The molecule has 1 aromatic heterocycles. The third-order valence-corrected chi connectivity index (χ3v) is 7.32. The fraction of sp³-hybridized carbons (Fsp3) is 0.423. The van der Waals surface area contributed by atoms with Crippen LogP contribution in [-0.2, 0) is 16.1 Å². The molecule has 1 aliphatic rings. The van der Waals surface area contributed by atoms with E-state index >= 15 is 0 Å². The maximum atomic E-state index is 14.8. The number of ether oxygens (including phenoxy) is 3. The van der Waals surface area contributed by atoms with Crippen LogP contribution in [0.4, 0.5) is 9.52 Å². The summed E-state index contributed by atoms with van der Waals surface area (Å²) in [6, 6.07) is 8.73. The van der Waals surface area contributed by atoms with Gasteiger partial charge in [-0.1, -0.05) is 36.6 Å². The first-order valence-corrected chi connectivity index (χ1v) is 13.2. The van der Waals surface area contributed by atoms with Crippen molar-refractivity contribution in [2.24, 2.45) is 5.92 Å². The maximum absolute atomic E-state index is 14.8. The van der Waals surface area contributed by atoms with Gasteiger partial charge in [0.2, 0.25) is 0 Å². The van der Waals surface area contributed by atoms with Gasteiger partial charge in [0.1, 0.15) is 41.9 Å². The van der Waals surface area contributed by atoms with Crippen LogP contribution in [-0.4, -0.2) is 47.7 Å². The highest BCUT2D eigenvalue weighted by Gasteiger charge is 2.28. The molecule has 5 nitrogen and oxygen atoms in total. The van der Waals surface area contributed by atoms with Gasteiger partial charge in [-0.15, -0.1) is 11.3 Å². The van der Waals surface area contributed by atoms with E-state index in [0.717, 1.165) is 38.8 Å². The van der Waals surface area contributed by atoms with Crippen LogP contribution in [0.1, 0.15) is 46.9 Å². The number of nitrogens with zero attached hydrogens (tertiary/aromatic N) is 1. The van der Waals surface area contributed by atoms with Crippen LogP contribution >= 0.6 is 22.9 Å². The molecule has 0 bridgehead atoms. The van der Waals surface area contributed by atoms with Crippen LogP contribution in [0.3, 0.4) is 0 Å². The standard InChI is InChI=1S/C26H27B3ClFN2O3S/c1-14-8-19(20(30)11-23(14)36-26(27,28)29)24-15(2)37-25(33-24)32-22(9-16-4-5-16)17-6-7-18(21(31)10-17)12-35-13-34-3/h6-8,10-11,16,22H,4-5,9,12-13H2,1-3H3,(H,32,33)/t22-/m0/s1. The minimum absolute atomic E-state index is 0.0749. The fourth-order valence-corrected chi connectivity index (χ4v) is 5.22. The number of methoxy groups -OCH3 is 1. The van der Waals surface area contributed by atoms with E-state index in [1.165, 1.54) is 31.3 Å². The van der Waals surface area contributed by atoms with E-state index in [1.54, 1.807) is 18.2 Å². The zero-order valence-corrected chi connectivity index (χ0v) is 22.7. The third kappa shape index (κ3) is 7.53. The van der Waals surface area contributed by atoms with Gasteiger partial charge in [0.05, 0.1) is 23.4 Å². The lowest BCUT2D eigenvalue weighted by Crippen LogP contribution is -2.37. The van der Waals surface area contributed by atoms with Crippen molar-refractivity contribution in [3.05, 3.63) is 62.7 Å². The van der Waals surface area contributed by atoms with Gasteiger partial charge in [0.25, 0.3) is 0 Å². The molecule has 188 valence electrons. The summed E-state index contributed by atoms with van der Waals surface area (Å²) in [5.41, 5.74) is 3.65. The molecule has 1 fully saturated rings. The van der Waals surface area contributed by atoms with Crippen molar-refractivity contribution in [3.63, 3.8) is 0 Å². The molecular weight excluding hydrogens is 507 g/mol. The Kier molecular flexibility index (Phi) is 8.94. The van der Waals surface area contributed by atoms with Gasteiger partial charge in [0, 0.05) is 23.1 Å². The molecule has 4 rings (SSSR count). The molecule has 0 spiro atoms. The van der Waals surface area contributed by atoms with Crippen LogP contribution in [0.5, 0.6) is 5.75 Å². The number of aryl methyl sites for hydroxylation is 2. The Morgan fingerprint density at radius 3 is 2.62 bits per heavy atom. The lowest BCUT2D eigenvalue weighted by Gasteiger charge is -2.25. The minimum Gasteiger partial charge on any atom is -0.516 e. The van der Waals surface area contributed by atoms with Gasteiger partial charge < -0.3 is 19.5 Å². The number of anilines is 1. The highest BCUT2D eigenvalue weighted by atomic mass is 35.5. The highest BCUT2D eigenvalue weighted by molar-refractivity contribution is 7.16. The third-order valence-electron chi connectivity index (χ3n) is 6.10. The summed E-state index contributed by atoms with van der Waals surface area (Å²) in [5.74, 6) is 0.721. The van der Waals surface area contributed by atoms with E-state index in [-0.39, 0.29) is 25.3 Å². The van der Waals surface area contributed by atoms with E-state index in [4.69, 9.17) is 54.3 Å². The van der Waals surface area contributed by atoms with Crippen molar-refractivity contribution >= 4 is 51.6 Å². The number of halogens is 2. The molecule has 1 saturated carbocycles. The minimum atomic E-state index is -1.81. The van der Waals surface area contributed by atoms with Gasteiger partial charge in [-0.3, -0.25) is 0 Å². The Morgan fingerprint density at radius 1 is 1.22 bits per heavy atom. The van der Waals surface area contributed by atoms with Gasteiger partial charge in [0.15, 0.2) is 5.13 Å². The van der Waals surface area contributed by atoms with Gasteiger partial charge in [-0.25, -0.2) is 9.37 Å². The molecule has 6 radical (unpaired) electrons. The van der Waals surface area contributed by atoms with Crippen LogP contribution < -0.4 is 10.1 Å². The Labute approximate surface area is 230 Å². The summed E-state index contributed by atoms with van der Waals surface area (Å²) in [5, 5.41) is 2.91. The second-order valence-electron chi connectivity index (χ2n) is 9.46. The average molecular weight is 534 g/mol. The Balaban J connectivity index is 1.56. The predicted octanol–water partition coefficient (Wildman–Crippen LogP) is 5.79. The van der Waals surface area contributed by atoms with Crippen LogP contribution in [0.15, 0.2) is 30.3 Å². The summed E-state index contributed by atoms with van der Waals surface area (Å²) in [4.78, 5) is 5.84. The highest BCUT2D eigenvalue weighted by Crippen LogP contribution is 2.42. The number of thiazole rings is 1. The van der Waals surface area contributed by atoms with E-state index in [1.807, 2.05) is 26.0 Å². The monoisotopic (exact) mass is 534 g/mol.